The molecule has 34 heavy (non-hydrogen) atoms. The molecule has 3 aromatic heterocycles. The van der Waals surface area contributed by atoms with E-state index in [0.29, 0.717) is 49.5 Å². The zero-order chi connectivity index (χ0) is 23.8. The van der Waals surface area contributed by atoms with Crippen molar-refractivity contribution in [2.75, 3.05) is 14.2 Å². The number of hydrogen-bond donors (Lipinski definition) is 0. The monoisotopic (exact) mass is 473 g/mol. The molecule has 9 heteroatoms. The van der Waals surface area contributed by atoms with Gasteiger partial charge in [-0.1, -0.05) is 35.6 Å². The standard InChI is InChI=1S/C25H19N3O5S/c1-14(29)15-4-6-16(7-5-15)19-11-9-18(33-19)13-22-24(30)28-25(34-22)26-23(27-28)17-8-10-20(31-2)21(12-17)32-3/h4-13H,1-3H3/b22-13-. The number of thiazole rings is 1. The first-order valence-electron chi connectivity index (χ1n) is 10.3. The Morgan fingerprint density at radius 2 is 1.74 bits per heavy atom. The zero-order valence-corrected chi connectivity index (χ0v) is 19.4. The Labute approximate surface area is 197 Å². The molecule has 0 saturated carbocycles. The van der Waals surface area contributed by atoms with Crippen molar-refractivity contribution in [2.24, 2.45) is 0 Å². The summed E-state index contributed by atoms with van der Waals surface area (Å²) in [6, 6.07) is 16.1. The molecule has 0 unspecified atom stereocenters. The van der Waals surface area contributed by atoms with E-state index in [1.54, 1.807) is 50.6 Å². The molecular formula is C25H19N3O5S. The molecule has 2 aromatic carbocycles. The first-order chi connectivity index (χ1) is 16.5. The summed E-state index contributed by atoms with van der Waals surface area (Å²) in [7, 11) is 3.12. The van der Waals surface area contributed by atoms with E-state index in [9.17, 15) is 9.59 Å². The lowest BCUT2D eigenvalue weighted by Crippen LogP contribution is -2.23. The maximum absolute atomic E-state index is 12.9. The summed E-state index contributed by atoms with van der Waals surface area (Å²) < 4.78 is 18.2. The molecule has 5 aromatic rings. The summed E-state index contributed by atoms with van der Waals surface area (Å²) in [5.41, 5.74) is 1.92. The summed E-state index contributed by atoms with van der Waals surface area (Å²) in [5.74, 6) is 2.76. The SMILES string of the molecule is COc1ccc(-c2nc3s/c(=C\c4ccc(-c5ccc(C(C)=O)cc5)o4)c(=O)n3n2)cc1OC. The van der Waals surface area contributed by atoms with E-state index in [1.165, 1.54) is 22.8 Å². The predicted molar refractivity (Wildman–Crippen MR) is 129 cm³/mol. The Morgan fingerprint density at radius 3 is 2.41 bits per heavy atom. The molecule has 0 N–H and O–H groups in total. The molecule has 0 bridgehead atoms. The quantitative estimate of drug-likeness (QED) is 0.346. The largest absolute Gasteiger partial charge is 0.493 e. The minimum atomic E-state index is -0.275. The molecule has 0 amide bonds. The number of aromatic nitrogens is 3. The number of benzene rings is 2. The highest BCUT2D eigenvalue weighted by atomic mass is 32.1. The van der Waals surface area contributed by atoms with Crippen LogP contribution >= 0.6 is 11.3 Å². The normalized spacial score (nSPS) is 11.8. The van der Waals surface area contributed by atoms with Crippen molar-refractivity contribution in [1.82, 2.24) is 14.6 Å². The summed E-state index contributed by atoms with van der Waals surface area (Å²) in [6.07, 6.45) is 1.67. The van der Waals surface area contributed by atoms with E-state index in [-0.39, 0.29) is 11.3 Å². The van der Waals surface area contributed by atoms with Crippen LogP contribution in [0.3, 0.4) is 0 Å². The van der Waals surface area contributed by atoms with Gasteiger partial charge in [-0.05, 0) is 37.3 Å². The van der Waals surface area contributed by atoms with Gasteiger partial charge in [-0.2, -0.15) is 9.50 Å². The first kappa shape index (κ1) is 21.6. The average molecular weight is 474 g/mol. The van der Waals surface area contributed by atoms with Crippen molar-refractivity contribution >= 4 is 28.2 Å². The van der Waals surface area contributed by atoms with Crippen LogP contribution in [0.15, 0.2) is 63.8 Å². The van der Waals surface area contributed by atoms with Crippen LogP contribution in [0.4, 0.5) is 0 Å². The molecular weight excluding hydrogens is 454 g/mol. The molecule has 0 aliphatic carbocycles. The number of nitrogens with zero attached hydrogens (tertiary/aromatic N) is 3. The van der Waals surface area contributed by atoms with Gasteiger partial charge in [0, 0.05) is 22.8 Å². The second-order valence-electron chi connectivity index (χ2n) is 7.45. The maximum atomic E-state index is 12.9. The van der Waals surface area contributed by atoms with Crippen LogP contribution in [0.2, 0.25) is 0 Å². The maximum Gasteiger partial charge on any atom is 0.291 e. The lowest BCUT2D eigenvalue weighted by atomic mass is 10.1. The molecule has 0 radical (unpaired) electrons. The summed E-state index contributed by atoms with van der Waals surface area (Å²) in [6.45, 7) is 1.53. The van der Waals surface area contributed by atoms with E-state index in [4.69, 9.17) is 13.9 Å². The fourth-order valence-electron chi connectivity index (χ4n) is 3.52. The van der Waals surface area contributed by atoms with Gasteiger partial charge in [-0.25, -0.2) is 0 Å². The van der Waals surface area contributed by atoms with Gasteiger partial charge in [0.15, 0.2) is 23.1 Å². The zero-order valence-electron chi connectivity index (χ0n) is 18.6. The number of fused-ring (bicyclic) bond motifs is 1. The minimum absolute atomic E-state index is 0.00796. The van der Waals surface area contributed by atoms with Gasteiger partial charge < -0.3 is 13.9 Å². The van der Waals surface area contributed by atoms with Gasteiger partial charge in [0.2, 0.25) is 4.96 Å². The average Bonchev–Trinajstić information content (AvgIpc) is 3.56. The van der Waals surface area contributed by atoms with Crippen LogP contribution in [-0.4, -0.2) is 34.6 Å². The lowest BCUT2D eigenvalue weighted by Gasteiger charge is -2.07. The molecule has 0 fully saturated rings. The Kier molecular flexibility index (Phi) is 5.46. The van der Waals surface area contributed by atoms with Gasteiger partial charge >= 0.3 is 0 Å². The number of Topliss-reactive ketones (excluding diaryl/α,β-unsaturated/α-hetero) is 1. The Bertz CT molecular complexity index is 1630. The molecule has 8 nitrogen and oxygen atoms in total. The first-order valence-corrected chi connectivity index (χ1v) is 11.1. The van der Waals surface area contributed by atoms with Crippen molar-refractivity contribution in [2.45, 2.75) is 6.92 Å². The van der Waals surface area contributed by atoms with Gasteiger partial charge in [0.25, 0.3) is 5.56 Å². The topological polar surface area (TPSA) is 95.9 Å². The number of furan rings is 1. The number of methoxy groups -OCH3 is 2. The van der Waals surface area contributed by atoms with E-state index in [2.05, 4.69) is 10.1 Å². The number of ether oxygens (including phenoxy) is 2. The molecule has 0 aliphatic rings. The van der Waals surface area contributed by atoms with Crippen molar-refractivity contribution in [1.29, 1.82) is 0 Å². The number of ketones is 1. The second-order valence-corrected chi connectivity index (χ2v) is 8.46. The third kappa shape index (κ3) is 3.86. The Balaban J connectivity index is 1.46. The van der Waals surface area contributed by atoms with Crippen LogP contribution in [-0.2, 0) is 0 Å². The molecule has 0 aliphatic heterocycles. The summed E-state index contributed by atoms with van der Waals surface area (Å²) in [4.78, 5) is 29.3. The lowest BCUT2D eigenvalue weighted by molar-refractivity contribution is 0.101. The molecule has 0 saturated heterocycles. The van der Waals surface area contributed by atoms with Crippen molar-refractivity contribution in [3.63, 3.8) is 0 Å². The second kappa shape index (κ2) is 8.60. The smallest absolute Gasteiger partial charge is 0.291 e. The van der Waals surface area contributed by atoms with E-state index < -0.39 is 0 Å². The van der Waals surface area contributed by atoms with Crippen LogP contribution in [0.5, 0.6) is 11.5 Å². The minimum Gasteiger partial charge on any atom is -0.493 e. The fraction of sp³-hybridized carbons (Fsp3) is 0.120. The Hall–Kier alpha value is -4.24. The molecule has 3 heterocycles. The van der Waals surface area contributed by atoms with Gasteiger partial charge in [0.1, 0.15) is 16.1 Å². The summed E-state index contributed by atoms with van der Waals surface area (Å²) in [5, 5.41) is 4.38. The highest BCUT2D eigenvalue weighted by molar-refractivity contribution is 7.15. The summed E-state index contributed by atoms with van der Waals surface area (Å²) >= 11 is 1.23. The third-order valence-corrected chi connectivity index (χ3v) is 6.26. The Morgan fingerprint density at radius 1 is 1.00 bits per heavy atom. The number of carbonyl (C=O) groups excluding carboxylic acids is 1. The molecule has 5 rings (SSSR count). The van der Waals surface area contributed by atoms with Crippen molar-refractivity contribution < 1.29 is 18.7 Å². The number of hydrogen-bond acceptors (Lipinski definition) is 8. The predicted octanol–water partition coefficient (Wildman–Crippen LogP) is 3.85. The third-order valence-electron chi connectivity index (χ3n) is 5.30. The molecule has 0 spiro atoms. The van der Waals surface area contributed by atoms with Crippen LogP contribution in [0, 0.1) is 0 Å². The van der Waals surface area contributed by atoms with Crippen LogP contribution < -0.4 is 19.6 Å². The molecule has 0 atom stereocenters. The van der Waals surface area contributed by atoms with Gasteiger partial charge in [0.05, 0.1) is 14.2 Å². The van der Waals surface area contributed by atoms with Crippen molar-refractivity contribution in [3.8, 4) is 34.2 Å². The molecule has 170 valence electrons. The van der Waals surface area contributed by atoms with E-state index in [0.717, 1.165) is 5.56 Å². The van der Waals surface area contributed by atoms with Crippen molar-refractivity contribution in [3.05, 3.63) is 80.8 Å². The van der Waals surface area contributed by atoms with Gasteiger partial charge in [-0.15, -0.1) is 5.10 Å². The van der Waals surface area contributed by atoms with E-state index >= 15 is 0 Å². The number of rotatable bonds is 6. The highest BCUT2D eigenvalue weighted by Crippen LogP contribution is 2.31. The number of carbonyl (C=O) groups is 1. The fourth-order valence-corrected chi connectivity index (χ4v) is 4.40. The van der Waals surface area contributed by atoms with Gasteiger partial charge in [-0.3, -0.25) is 9.59 Å². The highest BCUT2D eigenvalue weighted by Gasteiger charge is 2.15. The van der Waals surface area contributed by atoms with Crippen LogP contribution in [0.25, 0.3) is 33.7 Å². The van der Waals surface area contributed by atoms with E-state index in [1.807, 2.05) is 24.3 Å². The van der Waals surface area contributed by atoms with Crippen LogP contribution in [0.1, 0.15) is 23.0 Å².